The van der Waals surface area contributed by atoms with Crippen LogP contribution in [0.1, 0.15) is 39.3 Å². The summed E-state index contributed by atoms with van der Waals surface area (Å²) < 4.78 is 0. The molecule has 4 heteroatoms. The van der Waals surface area contributed by atoms with Gasteiger partial charge in [0.05, 0.1) is 11.6 Å². The molecule has 2 aromatic rings. The van der Waals surface area contributed by atoms with Crippen LogP contribution in [0.4, 0.5) is 0 Å². The van der Waals surface area contributed by atoms with Crippen molar-refractivity contribution < 1.29 is 4.79 Å². The molecule has 1 atom stereocenters. The van der Waals surface area contributed by atoms with Crippen molar-refractivity contribution in [3.8, 4) is 0 Å². The van der Waals surface area contributed by atoms with Crippen molar-refractivity contribution >= 4 is 17.2 Å². The Morgan fingerprint density at radius 2 is 2.00 bits per heavy atom. The van der Waals surface area contributed by atoms with Gasteiger partial charge in [0.1, 0.15) is 0 Å². The molecule has 0 spiro atoms. The lowest BCUT2D eigenvalue weighted by Gasteiger charge is -2.14. The van der Waals surface area contributed by atoms with Crippen LogP contribution in [0.3, 0.4) is 0 Å². The topological polar surface area (TPSA) is 42.0 Å². The number of carbonyl (C=O) groups is 1. The first-order valence-corrected chi connectivity index (χ1v) is 6.73. The highest BCUT2D eigenvalue weighted by atomic mass is 32.1. The van der Waals surface area contributed by atoms with Crippen LogP contribution in [0, 0.1) is 13.8 Å². The predicted octanol–water partition coefficient (Wildman–Crippen LogP) is 3.25. The largest absolute Gasteiger partial charge is 0.345 e. The van der Waals surface area contributed by atoms with Crippen molar-refractivity contribution in [3.05, 3.63) is 51.5 Å². The monoisotopic (exact) mass is 260 g/mol. The number of aromatic nitrogens is 1. The lowest BCUT2D eigenvalue weighted by molar-refractivity contribution is 0.0939. The summed E-state index contributed by atoms with van der Waals surface area (Å²) in [6, 6.07) is 3.81. The van der Waals surface area contributed by atoms with E-state index in [9.17, 15) is 4.79 Å². The molecule has 1 amide bonds. The van der Waals surface area contributed by atoms with E-state index in [0.29, 0.717) is 0 Å². The van der Waals surface area contributed by atoms with Crippen LogP contribution in [-0.2, 0) is 0 Å². The Kier molecular flexibility index (Phi) is 3.77. The second-order valence-corrected chi connectivity index (χ2v) is 5.39. The van der Waals surface area contributed by atoms with Gasteiger partial charge in [-0.2, -0.15) is 0 Å². The summed E-state index contributed by atoms with van der Waals surface area (Å²) in [7, 11) is 0. The standard InChI is InChI=1S/C14H16N2OS/c1-9-11(3)18-8-13(9)14(17)16-10(2)12-4-6-15-7-5-12/h4-8,10H,1-3H3,(H,16,17)/t10-/m1/s1. The maximum absolute atomic E-state index is 12.1. The number of aryl methyl sites for hydroxylation is 1. The first-order chi connectivity index (χ1) is 8.59. The van der Waals surface area contributed by atoms with Crippen molar-refractivity contribution in [1.82, 2.24) is 10.3 Å². The maximum atomic E-state index is 12.1. The summed E-state index contributed by atoms with van der Waals surface area (Å²) in [6.07, 6.45) is 3.47. The van der Waals surface area contributed by atoms with E-state index in [-0.39, 0.29) is 11.9 Å². The average Bonchev–Trinajstić information content (AvgIpc) is 2.71. The molecule has 0 aliphatic carbocycles. The molecule has 0 bridgehead atoms. The van der Waals surface area contributed by atoms with Gasteiger partial charge < -0.3 is 5.32 Å². The Labute approximate surface area is 111 Å². The Morgan fingerprint density at radius 3 is 2.56 bits per heavy atom. The van der Waals surface area contributed by atoms with Crippen molar-refractivity contribution in [1.29, 1.82) is 0 Å². The third-order valence-electron chi connectivity index (χ3n) is 3.08. The zero-order valence-electron chi connectivity index (χ0n) is 10.7. The van der Waals surface area contributed by atoms with Gasteiger partial charge >= 0.3 is 0 Å². The van der Waals surface area contributed by atoms with Crippen LogP contribution >= 0.6 is 11.3 Å². The molecule has 1 N–H and O–H groups in total. The van der Waals surface area contributed by atoms with Gasteiger partial charge in [-0.05, 0) is 44.0 Å². The number of carbonyl (C=O) groups excluding carboxylic acids is 1. The lowest BCUT2D eigenvalue weighted by atomic mass is 10.1. The van der Waals surface area contributed by atoms with Crippen LogP contribution < -0.4 is 5.32 Å². The maximum Gasteiger partial charge on any atom is 0.252 e. The number of pyridine rings is 1. The molecular weight excluding hydrogens is 244 g/mol. The van der Waals surface area contributed by atoms with Crippen LogP contribution in [-0.4, -0.2) is 10.9 Å². The Bertz CT molecular complexity index is 548. The molecule has 18 heavy (non-hydrogen) atoms. The number of hydrogen-bond donors (Lipinski definition) is 1. The molecule has 0 fully saturated rings. The van der Waals surface area contributed by atoms with Gasteiger partial charge in [-0.3, -0.25) is 9.78 Å². The number of thiophene rings is 1. The number of amides is 1. The van der Waals surface area contributed by atoms with Crippen molar-refractivity contribution in [2.75, 3.05) is 0 Å². The Balaban J connectivity index is 2.11. The van der Waals surface area contributed by atoms with Crippen molar-refractivity contribution in [2.24, 2.45) is 0 Å². The van der Waals surface area contributed by atoms with Crippen LogP contribution in [0.25, 0.3) is 0 Å². The molecular formula is C14H16N2OS. The van der Waals surface area contributed by atoms with Gasteiger partial charge in [0.15, 0.2) is 0 Å². The molecule has 0 saturated carbocycles. The van der Waals surface area contributed by atoms with E-state index in [2.05, 4.69) is 10.3 Å². The van der Waals surface area contributed by atoms with E-state index in [1.54, 1.807) is 23.7 Å². The highest BCUT2D eigenvalue weighted by Crippen LogP contribution is 2.21. The molecule has 0 radical (unpaired) electrons. The molecule has 2 aromatic heterocycles. The predicted molar refractivity (Wildman–Crippen MR) is 73.9 cm³/mol. The molecule has 3 nitrogen and oxygen atoms in total. The van der Waals surface area contributed by atoms with E-state index in [4.69, 9.17) is 0 Å². The summed E-state index contributed by atoms with van der Waals surface area (Å²) in [4.78, 5) is 17.3. The third-order valence-corrected chi connectivity index (χ3v) is 4.10. The van der Waals surface area contributed by atoms with Gasteiger partial charge in [0, 0.05) is 22.7 Å². The van der Waals surface area contributed by atoms with E-state index in [1.807, 2.05) is 38.3 Å². The molecule has 2 rings (SSSR count). The first kappa shape index (κ1) is 12.8. The SMILES string of the molecule is Cc1scc(C(=O)N[C@H](C)c2ccncc2)c1C. The quantitative estimate of drug-likeness (QED) is 0.920. The zero-order valence-corrected chi connectivity index (χ0v) is 11.5. The summed E-state index contributed by atoms with van der Waals surface area (Å²) in [5.74, 6) is -0.0128. The fourth-order valence-corrected chi connectivity index (χ4v) is 2.61. The van der Waals surface area contributed by atoms with E-state index in [0.717, 1.165) is 16.7 Å². The number of hydrogen-bond acceptors (Lipinski definition) is 3. The number of rotatable bonds is 3. The van der Waals surface area contributed by atoms with E-state index in [1.165, 1.54) is 4.88 Å². The normalized spacial score (nSPS) is 12.2. The summed E-state index contributed by atoms with van der Waals surface area (Å²) >= 11 is 1.61. The minimum atomic E-state index is -0.0138. The summed E-state index contributed by atoms with van der Waals surface area (Å²) in [5.41, 5.74) is 2.90. The van der Waals surface area contributed by atoms with Gasteiger partial charge in [-0.25, -0.2) is 0 Å². The fraction of sp³-hybridized carbons (Fsp3) is 0.286. The highest BCUT2D eigenvalue weighted by Gasteiger charge is 2.15. The summed E-state index contributed by atoms with van der Waals surface area (Å²) in [6.45, 7) is 5.99. The molecule has 0 aliphatic heterocycles. The Hall–Kier alpha value is -1.68. The molecule has 0 aliphatic rings. The zero-order chi connectivity index (χ0) is 13.1. The van der Waals surface area contributed by atoms with Gasteiger partial charge in [-0.15, -0.1) is 11.3 Å². The minimum Gasteiger partial charge on any atom is -0.345 e. The highest BCUT2D eigenvalue weighted by molar-refractivity contribution is 7.10. The molecule has 94 valence electrons. The van der Waals surface area contributed by atoms with Gasteiger partial charge in [0.2, 0.25) is 0 Å². The fourth-order valence-electron chi connectivity index (χ4n) is 1.75. The Morgan fingerprint density at radius 1 is 1.33 bits per heavy atom. The van der Waals surface area contributed by atoms with Crippen molar-refractivity contribution in [2.45, 2.75) is 26.8 Å². The van der Waals surface area contributed by atoms with E-state index < -0.39 is 0 Å². The molecule has 0 unspecified atom stereocenters. The number of nitrogens with zero attached hydrogens (tertiary/aromatic N) is 1. The smallest absolute Gasteiger partial charge is 0.252 e. The first-order valence-electron chi connectivity index (χ1n) is 5.85. The minimum absolute atomic E-state index is 0.0128. The van der Waals surface area contributed by atoms with Crippen LogP contribution in [0.2, 0.25) is 0 Å². The lowest BCUT2D eigenvalue weighted by Crippen LogP contribution is -2.26. The molecule has 0 saturated heterocycles. The van der Waals surface area contributed by atoms with Crippen molar-refractivity contribution in [3.63, 3.8) is 0 Å². The average molecular weight is 260 g/mol. The van der Waals surface area contributed by atoms with Crippen LogP contribution in [0.5, 0.6) is 0 Å². The molecule has 2 heterocycles. The van der Waals surface area contributed by atoms with Crippen LogP contribution in [0.15, 0.2) is 29.9 Å². The van der Waals surface area contributed by atoms with E-state index >= 15 is 0 Å². The van der Waals surface area contributed by atoms with Gasteiger partial charge in [-0.1, -0.05) is 0 Å². The summed E-state index contributed by atoms with van der Waals surface area (Å²) in [5, 5.41) is 4.92. The second-order valence-electron chi connectivity index (χ2n) is 4.31. The second kappa shape index (κ2) is 5.31. The third kappa shape index (κ3) is 2.59. The number of nitrogens with one attached hydrogen (secondary N) is 1. The molecule has 0 aromatic carbocycles. The van der Waals surface area contributed by atoms with Gasteiger partial charge in [0.25, 0.3) is 5.91 Å².